The van der Waals surface area contributed by atoms with Crippen molar-refractivity contribution in [3.63, 3.8) is 0 Å². The second-order valence-corrected chi connectivity index (χ2v) is 10.8. The summed E-state index contributed by atoms with van der Waals surface area (Å²) in [5.41, 5.74) is 3.35. The van der Waals surface area contributed by atoms with Gasteiger partial charge >= 0.3 is 18.0 Å². The van der Waals surface area contributed by atoms with E-state index in [9.17, 15) is 19.2 Å². The Bertz CT molecular complexity index is 1870. The first-order chi connectivity index (χ1) is 20.6. The van der Waals surface area contributed by atoms with Crippen LogP contribution in [0, 0.1) is 0 Å². The lowest BCUT2D eigenvalue weighted by atomic mass is 9.85. The minimum absolute atomic E-state index is 0.103. The number of nitrogens with zero attached hydrogens (tertiary/aromatic N) is 3. The average Bonchev–Trinajstić information content (AvgIpc) is 3.35. The van der Waals surface area contributed by atoms with E-state index in [-0.39, 0.29) is 37.3 Å². The van der Waals surface area contributed by atoms with Crippen molar-refractivity contribution in [2.24, 2.45) is 0 Å². The zero-order chi connectivity index (χ0) is 30.5. The van der Waals surface area contributed by atoms with Gasteiger partial charge in [0.15, 0.2) is 0 Å². The largest absolute Gasteiger partial charge is 0.457 e. The van der Waals surface area contributed by atoms with Crippen LogP contribution in [0.2, 0.25) is 0 Å². The summed E-state index contributed by atoms with van der Waals surface area (Å²) in [5, 5.41) is 3.56. The fraction of sp³-hybridized carbons (Fsp3) is 0.281. The van der Waals surface area contributed by atoms with Crippen LogP contribution < -0.4 is 15.8 Å². The molecule has 0 bridgehead atoms. The summed E-state index contributed by atoms with van der Waals surface area (Å²) < 4.78 is 17.9. The molecular weight excluding hydrogens is 552 g/mol. The first-order valence-electron chi connectivity index (χ1n) is 13.9. The van der Waals surface area contributed by atoms with Crippen LogP contribution in [0.5, 0.6) is 0 Å². The van der Waals surface area contributed by atoms with Gasteiger partial charge in [-0.25, -0.2) is 14.6 Å². The Balaban J connectivity index is 1.42. The molecule has 1 atom stereocenters. The molecule has 1 amide bonds. The van der Waals surface area contributed by atoms with Crippen molar-refractivity contribution in [1.82, 2.24) is 9.55 Å². The second-order valence-electron chi connectivity index (χ2n) is 10.8. The molecule has 2 aromatic carbocycles. The Kier molecular flexibility index (Phi) is 6.87. The highest BCUT2D eigenvalue weighted by Crippen LogP contribution is 2.44. The number of pyridine rings is 2. The van der Waals surface area contributed by atoms with Crippen molar-refractivity contribution in [3.8, 4) is 11.4 Å². The third kappa shape index (κ3) is 4.66. The van der Waals surface area contributed by atoms with Crippen LogP contribution >= 0.6 is 0 Å². The number of ether oxygens (including phenoxy) is 3. The topological polar surface area (TPSA) is 129 Å². The predicted octanol–water partition coefficient (Wildman–Crippen LogP) is 4.47. The molecule has 0 fully saturated rings. The van der Waals surface area contributed by atoms with E-state index in [4.69, 9.17) is 19.2 Å². The lowest BCUT2D eigenvalue weighted by molar-refractivity contribution is -0.188. The van der Waals surface area contributed by atoms with Gasteiger partial charge in [-0.3, -0.25) is 14.9 Å². The maximum Gasteiger partial charge on any atom is 0.411 e. The molecule has 0 aliphatic carbocycles. The number of amides is 1. The summed E-state index contributed by atoms with van der Waals surface area (Å²) in [6, 6.07) is 16.5. The van der Waals surface area contributed by atoms with Crippen molar-refractivity contribution < 1.29 is 28.6 Å². The Labute approximate surface area is 247 Å². The number of fused-ring (bicyclic) bond motifs is 5. The molecule has 0 saturated carbocycles. The van der Waals surface area contributed by atoms with Crippen molar-refractivity contribution in [1.29, 1.82) is 0 Å². The zero-order valence-electron chi connectivity index (χ0n) is 24.2. The third-order valence-corrected chi connectivity index (χ3v) is 7.85. The number of carbonyl (C=O) groups is 3. The molecule has 1 unspecified atom stereocenters. The molecule has 4 heterocycles. The van der Waals surface area contributed by atoms with Crippen LogP contribution in [0.4, 0.5) is 16.2 Å². The van der Waals surface area contributed by atoms with Crippen molar-refractivity contribution in [2.75, 3.05) is 24.3 Å². The maximum absolute atomic E-state index is 13.8. The summed E-state index contributed by atoms with van der Waals surface area (Å²) in [7, 11) is 3.80. The molecule has 0 spiro atoms. The van der Waals surface area contributed by atoms with Gasteiger partial charge in [0.1, 0.15) is 13.2 Å². The van der Waals surface area contributed by atoms with Gasteiger partial charge in [-0.15, -0.1) is 0 Å². The SMILES string of the molecule is CCC1(OC(C)=O)C(=O)OCc2c1cc1n(c2=O)Cc2c-1nc1ccc(NC(=O)OCc3ccccc3)cc1c2N(C)C. The number of nitrogens with one attached hydrogen (secondary N) is 1. The van der Waals surface area contributed by atoms with E-state index in [1.54, 1.807) is 29.7 Å². The van der Waals surface area contributed by atoms with Crippen LogP contribution in [-0.4, -0.2) is 41.7 Å². The number of hydrogen-bond acceptors (Lipinski definition) is 9. The molecule has 4 aromatic rings. The summed E-state index contributed by atoms with van der Waals surface area (Å²) in [4.78, 5) is 58.2. The molecular formula is C32H30N4O7. The molecule has 1 N–H and O–H groups in total. The van der Waals surface area contributed by atoms with Crippen molar-refractivity contribution in [2.45, 2.75) is 45.6 Å². The number of carbonyl (C=O) groups excluding carboxylic acids is 3. The molecule has 6 rings (SSSR count). The normalized spacial score (nSPS) is 16.5. The van der Waals surface area contributed by atoms with Crippen LogP contribution in [0.25, 0.3) is 22.3 Å². The van der Waals surface area contributed by atoms with E-state index in [0.717, 1.165) is 22.2 Å². The molecule has 220 valence electrons. The standard InChI is InChI=1S/C32H30N4O7/c1-5-32(43-18(2)37)24-14-26-27-22(15-36(26)29(38)23(24)17-41-30(32)39)28(35(3)4)21-13-20(11-12-25(21)34-27)33-31(40)42-16-19-9-7-6-8-10-19/h6-14H,5,15-17H2,1-4H3,(H,33,40). The van der Waals surface area contributed by atoms with E-state index in [1.165, 1.54) is 6.92 Å². The lowest BCUT2D eigenvalue weighted by Gasteiger charge is -2.35. The molecule has 11 nitrogen and oxygen atoms in total. The van der Waals surface area contributed by atoms with Gasteiger partial charge in [0, 0.05) is 43.2 Å². The molecule has 0 saturated heterocycles. The monoisotopic (exact) mass is 582 g/mol. The van der Waals surface area contributed by atoms with Crippen LogP contribution in [-0.2, 0) is 49.2 Å². The fourth-order valence-electron chi connectivity index (χ4n) is 5.93. The van der Waals surface area contributed by atoms with Crippen LogP contribution in [0.15, 0.2) is 59.4 Å². The molecule has 2 aliphatic heterocycles. The number of esters is 2. The Hall–Kier alpha value is -5.19. The Morgan fingerprint density at radius 2 is 1.86 bits per heavy atom. The molecule has 2 aliphatic rings. The number of hydrogen-bond donors (Lipinski definition) is 1. The van der Waals surface area contributed by atoms with Crippen LogP contribution in [0.1, 0.15) is 42.5 Å². The molecule has 43 heavy (non-hydrogen) atoms. The predicted molar refractivity (Wildman–Crippen MR) is 159 cm³/mol. The first-order valence-corrected chi connectivity index (χ1v) is 13.9. The van der Waals surface area contributed by atoms with E-state index in [0.29, 0.717) is 28.2 Å². The van der Waals surface area contributed by atoms with Gasteiger partial charge in [0.05, 0.1) is 34.7 Å². The second kappa shape index (κ2) is 10.6. The minimum atomic E-state index is -1.71. The zero-order valence-corrected chi connectivity index (χ0v) is 24.2. The third-order valence-electron chi connectivity index (χ3n) is 7.85. The number of anilines is 2. The number of rotatable bonds is 6. The van der Waals surface area contributed by atoms with Crippen molar-refractivity contribution >= 4 is 40.3 Å². The number of benzene rings is 2. The van der Waals surface area contributed by atoms with Gasteiger partial charge in [0.25, 0.3) is 5.56 Å². The Morgan fingerprint density at radius 3 is 2.56 bits per heavy atom. The maximum atomic E-state index is 13.8. The summed E-state index contributed by atoms with van der Waals surface area (Å²) in [6.45, 7) is 3.10. The van der Waals surface area contributed by atoms with Gasteiger partial charge in [-0.2, -0.15) is 0 Å². The van der Waals surface area contributed by atoms with Gasteiger partial charge in [-0.1, -0.05) is 37.3 Å². The quantitative estimate of drug-likeness (QED) is 0.228. The van der Waals surface area contributed by atoms with Gasteiger partial charge in [0.2, 0.25) is 5.60 Å². The van der Waals surface area contributed by atoms with E-state index >= 15 is 0 Å². The molecule has 11 heteroatoms. The summed E-state index contributed by atoms with van der Waals surface area (Å²) in [5.74, 6) is -1.36. The molecule has 2 aromatic heterocycles. The summed E-state index contributed by atoms with van der Waals surface area (Å²) >= 11 is 0. The van der Waals surface area contributed by atoms with Crippen LogP contribution in [0.3, 0.4) is 0 Å². The summed E-state index contributed by atoms with van der Waals surface area (Å²) in [6.07, 6.45) is -0.483. The van der Waals surface area contributed by atoms with E-state index in [1.807, 2.05) is 55.4 Å². The number of cyclic esters (lactones) is 1. The highest BCUT2D eigenvalue weighted by atomic mass is 16.6. The fourth-order valence-corrected chi connectivity index (χ4v) is 5.93. The Morgan fingerprint density at radius 1 is 1.09 bits per heavy atom. The first kappa shape index (κ1) is 28.0. The molecule has 0 radical (unpaired) electrons. The van der Waals surface area contributed by atoms with Gasteiger partial charge < -0.3 is 23.7 Å². The van der Waals surface area contributed by atoms with Gasteiger partial charge in [-0.05, 0) is 36.2 Å². The van der Waals surface area contributed by atoms with E-state index in [2.05, 4.69) is 5.32 Å². The highest BCUT2D eigenvalue weighted by Gasteiger charge is 2.50. The smallest absolute Gasteiger partial charge is 0.411 e. The lowest BCUT2D eigenvalue weighted by Crippen LogP contribution is -2.47. The average molecular weight is 583 g/mol. The minimum Gasteiger partial charge on any atom is -0.457 e. The van der Waals surface area contributed by atoms with Crippen molar-refractivity contribution in [3.05, 3.63) is 87.2 Å². The number of aromatic nitrogens is 2. The highest BCUT2D eigenvalue weighted by molar-refractivity contribution is 6.00. The van der Waals surface area contributed by atoms with E-state index < -0.39 is 23.6 Å².